The molecule has 0 fully saturated rings. The van der Waals surface area contributed by atoms with E-state index in [4.69, 9.17) is 0 Å². The van der Waals surface area contributed by atoms with Gasteiger partial charge in [-0.05, 0) is 6.92 Å². The zero-order chi connectivity index (χ0) is 11.9. The van der Waals surface area contributed by atoms with Crippen LogP contribution in [0.5, 0.6) is 0 Å². The Balaban J connectivity index is 2.80. The molecule has 2 rings (SSSR count). The van der Waals surface area contributed by atoms with Crippen LogP contribution in [0.2, 0.25) is 0 Å². The largest absolute Gasteiger partial charge is 0.464 e. The van der Waals surface area contributed by atoms with E-state index in [2.05, 4.69) is 19.8 Å². The number of carbonyl (C=O) groups is 1. The summed E-state index contributed by atoms with van der Waals surface area (Å²) >= 11 is 0. The fourth-order valence-corrected chi connectivity index (χ4v) is 1.49. The van der Waals surface area contributed by atoms with E-state index in [0.29, 0.717) is 16.9 Å². The fourth-order valence-electron chi connectivity index (χ4n) is 1.49. The standard InChI is InChI=1S/C9H10N4O3/c1-4-5-7(13(2)12-4)11-8(14)6(10-5)9(15)16-3/h1-3H3,(H,11,14). The molecule has 7 nitrogen and oxygen atoms in total. The van der Waals surface area contributed by atoms with Crippen LogP contribution in [0.1, 0.15) is 16.2 Å². The van der Waals surface area contributed by atoms with Crippen LogP contribution in [0, 0.1) is 6.92 Å². The number of nitrogens with one attached hydrogen (secondary N) is 1. The van der Waals surface area contributed by atoms with Crippen molar-refractivity contribution in [3.05, 3.63) is 21.7 Å². The minimum Gasteiger partial charge on any atom is -0.464 e. The molecule has 0 aromatic carbocycles. The molecule has 0 bridgehead atoms. The molecule has 1 N–H and O–H groups in total. The molecule has 0 aliphatic heterocycles. The molecule has 2 heterocycles. The molecular weight excluding hydrogens is 212 g/mol. The van der Waals surface area contributed by atoms with E-state index in [9.17, 15) is 9.59 Å². The minimum atomic E-state index is -0.758. The Kier molecular flexibility index (Phi) is 2.22. The summed E-state index contributed by atoms with van der Waals surface area (Å²) in [5.74, 6) is -0.758. The van der Waals surface area contributed by atoms with Crippen molar-refractivity contribution in [1.29, 1.82) is 0 Å². The van der Waals surface area contributed by atoms with Gasteiger partial charge in [-0.3, -0.25) is 9.48 Å². The molecule has 0 radical (unpaired) electrons. The molecule has 2 aromatic rings. The molecule has 7 heteroatoms. The zero-order valence-corrected chi connectivity index (χ0v) is 9.07. The van der Waals surface area contributed by atoms with E-state index in [0.717, 1.165) is 0 Å². The number of methoxy groups -OCH3 is 1. The molecule has 0 spiro atoms. The van der Waals surface area contributed by atoms with Crippen LogP contribution in [0.15, 0.2) is 4.79 Å². The van der Waals surface area contributed by atoms with E-state index < -0.39 is 11.5 Å². The lowest BCUT2D eigenvalue weighted by Gasteiger charge is -1.98. The van der Waals surface area contributed by atoms with Crippen LogP contribution in [-0.2, 0) is 11.8 Å². The van der Waals surface area contributed by atoms with Crippen molar-refractivity contribution in [3.63, 3.8) is 0 Å². The number of H-pyrrole nitrogens is 1. The molecule has 0 atom stereocenters. The Morgan fingerprint density at radius 2 is 2.19 bits per heavy atom. The number of fused-ring (bicyclic) bond motifs is 1. The van der Waals surface area contributed by atoms with Gasteiger partial charge in [0.25, 0.3) is 5.56 Å². The van der Waals surface area contributed by atoms with E-state index in [-0.39, 0.29) is 5.69 Å². The van der Waals surface area contributed by atoms with Crippen molar-refractivity contribution >= 4 is 17.1 Å². The van der Waals surface area contributed by atoms with Crippen LogP contribution in [0.25, 0.3) is 11.2 Å². The SMILES string of the molecule is COC(=O)c1nc2c(C)nn(C)c2[nH]c1=O. The Hall–Kier alpha value is -2.18. The van der Waals surface area contributed by atoms with Crippen LogP contribution in [0.3, 0.4) is 0 Å². The monoisotopic (exact) mass is 222 g/mol. The van der Waals surface area contributed by atoms with Crippen LogP contribution in [-0.4, -0.2) is 32.8 Å². The van der Waals surface area contributed by atoms with Gasteiger partial charge in [0, 0.05) is 7.05 Å². The first-order valence-electron chi connectivity index (χ1n) is 4.56. The highest BCUT2D eigenvalue weighted by atomic mass is 16.5. The van der Waals surface area contributed by atoms with Crippen molar-refractivity contribution in [1.82, 2.24) is 19.7 Å². The van der Waals surface area contributed by atoms with E-state index >= 15 is 0 Å². The highest BCUT2D eigenvalue weighted by Crippen LogP contribution is 2.10. The molecule has 0 saturated carbocycles. The summed E-state index contributed by atoms with van der Waals surface area (Å²) in [5, 5.41) is 4.09. The Morgan fingerprint density at radius 1 is 1.50 bits per heavy atom. The summed E-state index contributed by atoms with van der Waals surface area (Å²) < 4.78 is 5.96. The molecule has 0 saturated heterocycles. The number of aryl methyl sites for hydroxylation is 2. The van der Waals surface area contributed by atoms with E-state index in [1.54, 1.807) is 14.0 Å². The average Bonchev–Trinajstić information content (AvgIpc) is 2.52. The van der Waals surface area contributed by atoms with Crippen LogP contribution < -0.4 is 5.56 Å². The van der Waals surface area contributed by atoms with Crippen molar-refractivity contribution in [2.45, 2.75) is 6.92 Å². The first kappa shape index (κ1) is 10.3. The number of rotatable bonds is 1. The van der Waals surface area contributed by atoms with Gasteiger partial charge < -0.3 is 9.72 Å². The number of esters is 1. The van der Waals surface area contributed by atoms with Crippen LogP contribution in [0.4, 0.5) is 0 Å². The third-order valence-corrected chi connectivity index (χ3v) is 2.24. The molecule has 84 valence electrons. The number of carbonyl (C=O) groups excluding carboxylic acids is 1. The zero-order valence-electron chi connectivity index (χ0n) is 9.07. The van der Waals surface area contributed by atoms with E-state index in [1.807, 2.05) is 0 Å². The Morgan fingerprint density at radius 3 is 2.81 bits per heavy atom. The summed E-state index contributed by atoms with van der Waals surface area (Å²) in [4.78, 5) is 29.3. The molecule has 2 aromatic heterocycles. The second-order valence-electron chi connectivity index (χ2n) is 3.31. The molecule has 0 aliphatic carbocycles. The van der Waals surface area contributed by atoms with Gasteiger partial charge >= 0.3 is 5.97 Å². The highest BCUT2D eigenvalue weighted by Gasteiger charge is 2.17. The first-order valence-corrected chi connectivity index (χ1v) is 4.56. The van der Waals surface area contributed by atoms with Crippen molar-refractivity contribution in [3.8, 4) is 0 Å². The third-order valence-electron chi connectivity index (χ3n) is 2.24. The average molecular weight is 222 g/mol. The number of hydrogen-bond acceptors (Lipinski definition) is 5. The minimum absolute atomic E-state index is 0.258. The van der Waals surface area contributed by atoms with Crippen molar-refractivity contribution in [2.24, 2.45) is 7.05 Å². The van der Waals surface area contributed by atoms with Gasteiger partial charge in [-0.15, -0.1) is 0 Å². The van der Waals surface area contributed by atoms with Gasteiger partial charge in [-0.2, -0.15) is 5.10 Å². The summed E-state index contributed by atoms with van der Waals surface area (Å²) in [6.45, 7) is 1.74. The lowest BCUT2D eigenvalue weighted by atomic mass is 10.3. The summed E-state index contributed by atoms with van der Waals surface area (Å²) in [6, 6.07) is 0. The molecule has 16 heavy (non-hydrogen) atoms. The lowest BCUT2D eigenvalue weighted by molar-refractivity contribution is 0.0592. The normalized spacial score (nSPS) is 10.7. The highest BCUT2D eigenvalue weighted by molar-refractivity contribution is 5.89. The number of aromatic amines is 1. The molecular formula is C9H10N4O3. The van der Waals surface area contributed by atoms with Gasteiger partial charge in [0.05, 0.1) is 12.8 Å². The van der Waals surface area contributed by atoms with Crippen LogP contribution >= 0.6 is 0 Å². The quantitative estimate of drug-likeness (QED) is 0.672. The van der Waals surface area contributed by atoms with Crippen molar-refractivity contribution in [2.75, 3.05) is 7.11 Å². The Labute approximate surface area is 90.1 Å². The van der Waals surface area contributed by atoms with Gasteiger partial charge in [0.15, 0.2) is 5.65 Å². The molecule has 0 amide bonds. The fraction of sp³-hybridized carbons (Fsp3) is 0.333. The molecule has 0 aliphatic rings. The summed E-state index contributed by atoms with van der Waals surface area (Å²) in [6.07, 6.45) is 0. The maximum atomic E-state index is 11.5. The number of nitrogens with zero attached hydrogens (tertiary/aromatic N) is 3. The summed E-state index contributed by atoms with van der Waals surface area (Å²) in [5.41, 5.74) is 0.769. The van der Waals surface area contributed by atoms with Gasteiger partial charge in [0.1, 0.15) is 5.52 Å². The van der Waals surface area contributed by atoms with Crippen molar-refractivity contribution < 1.29 is 9.53 Å². The number of ether oxygens (including phenoxy) is 1. The third kappa shape index (κ3) is 1.37. The second kappa shape index (κ2) is 3.44. The molecule has 0 unspecified atom stereocenters. The maximum absolute atomic E-state index is 11.5. The first-order chi connectivity index (χ1) is 7.54. The smallest absolute Gasteiger partial charge is 0.362 e. The second-order valence-corrected chi connectivity index (χ2v) is 3.31. The Bertz CT molecular complexity index is 625. The summed E-state index contributed by atoms with van der Waals surface area (Å²) in [7, 11) is 2.88. The number of hydrogen-bond donors (Lipinski definition) is 1. The van der Waals surface area contributed by atoms with Gasteiger partial charge in [-0.1, -0.05) is 0 Å². The van der Waals surface area contributed by atoms with Gasteiger partial charge in [0.2, 0.25) is 5.69 Å². The predicted octanol–water partition coefficient (Wildman–Crippen LogP) is -0.248. The maximum Gasteiger partial charge on any atom is 0.362 e. The predicted molar refractivity (Wildman–Crippen MR) is 55.2 cm³/mol. The number of aromatic nitrogens is 4. The van der Waals surface area contributed by atoms with Gasteiger partial charge in [-0.25, -0.2) is 9.78 Å². The lowest BCUT2D eigenvalue weighted by Crippen LogP contribution is -2.21. The van der Waals surface area contributed by atoms with E-state index in [1.165, 1.54) is 11.8 Å². The topological polar surface area (TPSA) is 89.9 Å².